The van der Waals surface area contributed by atoms with E-state index in [2.05, 4.69) is 4.98 Å². The number of methoxy groups -OCH3 is 1. The number of carbonyl (C=O) groups excluding carboxylic acids is 1. The van der Waals surface area contributed by atoms with Gasteiger partial charge in [-0.25, -0.2) is 4.98 Å². The average molecular weight is 290 g/mol. The Morgan fingerprint density at radius 3 is 2.95 bits per heavy atom. The van der Waals surface area contributed by atoms with Crippen LogP contribution in [-0.2, 0) is 0 Å². The van der Waals surface area contributed by atoms with Crippen LogP contribution in [0.4, 0.5) is 0 Å². The first-order valence-corrected chi connectivity index (χ1v) is 7.70. The van der Waals surface area contributed by atoms with Gasteiger partial charge in [-0.2, -0.15) is 0 Å². The summed E-state index contributed by atoms with van der Waals surface area (Å²) in [6, 6.07) is 3.67. The van der Waals surface area contributed by atoms with E-state index in [1.165, 1.54) is 7.11 Å². The van der Waals surface area contributed by atoms with E-state index in [0.717, 1.165) is 38.6 Å². The van der Waals surface area contributed by atoms with Gasteiger partial charge in [0.25, 0.3) is 5.91 Å². The van der Waals surface area contributed by atoms with E-state index < -0.39 is 0 Å². The van der Waals surface area contributed by atoms with Crippen molar-refractivity contribution in [3.05, 3.63) is 23.9 Å². The topological polar surface area (TPSA) is 62.7 Å². The number of nitrogens with zero attached hydrogens (tertiary/aromatic N) is 2. The van der Waals surface area contributed by atoms with E-state index in [1.54, 1.807) is 18.3 Å². The molecule has 1 aliphatic carbocycles. The lowest BCUT2D eigenvalue weighted by Crippen LogP contribution is -2.42. The van der Waals surface area contributed by atoms with E-state index >= 15 is 0 Å². The number of amides is 1. The molecule has 2 fully saturated rings. The average Bonchev–Trinajstić information content (AvgIpc) is 3.14. The number of likely N-dealkylation sites (tertiary alicyclic amines) is 1. The maximum atomic E-state index is 12.8. The van der Waals surface area contributed by atoms with Crippen molar-refractivity contribution < 1.29 is 14.6 Å². The third kappa shape index (κ3) is 2.62. The molecule has 0 radical (unpaired) electrons. The fourth-order valence-corrected chi connectivity index (χ4v) is 3.78. The van der Waals surface area contributed by atoms with Gasteiger partial charge in [-0.1, -0.05) is 6.42 Å². The molecule has 0 spiro atoms. The molecule has 5 heteroatoms. The van der Waals surface area contributed by atoms with Crippen molar-refractivity contribution in [2.45, 2.75) is 44.2 Å². The molecule has 2 aliphatic rings. The molecule has 5 nitrogen and oxygen atoms in total. The molecular formula is C16H22N2O3. The molecule has 1 aromatic heterocycles. The number of carbonyl (C=O) groups is 1. The molecule has 0 bridgehead atoms. The Morgan fingerprint density at radius 2 is 2.24 bits per heavy atom. The van der Waals surface area contributed by atoms with Crippen molar-refractivity contribution in [3.8, 4) is 5.88 Å². The quantitative estimate of drug-likeness (QED) is 0.923. The highest BCUT2D eigenvalue weighted by Crippen LogP contribution is 2.36. The molecule has 3 atom stereocenters. The SMILES string of the molecule is COc1ncccc1C(=O)N1CCCC1C1CCCC1O. The second-order valence-corrected chi connectivity index (χ2v) is 5.93. The Morgan fingerprint density at radius 1 is 1.38 bits per heavy atom. The summed E-state index contributed by atoms with van der Waals surface area (Å²) < 4.78 is 5.20. The molecule has 1 amide bonds. The van der Waals surface area contributed by atoms with Crippen molar-refractivity contribution in [2.24, 2.45) is 5.92 Å². The van der Waals surface area contributed by atoms with Crippen LogP contribution in [0, 0.1) is 5.92 Å². The van der Waals surface area contributed by atoms with E-state index in [-0.39, 0.29) is 24.0 Å². The van der Waals surface area contributed by atoms with Gasteiger partial charge in [-0.15, -0.1) is 0 Å². The van der Waals surface area contributed by atoms with Gasteiger partial charge in [0.15, 0.2) is 0 Å². The van der Waals surface area contributed by atoms with Crippen LogP contribution in [-0.4, -0.2) is 46.7 Å². The summed E-state index contributed by atoms with van der Waals surface area (Å²) >= 11 is 0. The maximum absolute atomic E-state index is 12.8. The van der Waals surface area contributed by atoms with Gasteiger partial charge < -0.3 is 14.7 Å². The molecule has 1 N–H and O–H groups in total. The van der Waals surface area contributed by atoms with E-state index in [1.807, 2.05) is 4.90 Å². The van der Waals surface area contributed by atoms with Crippen LogP contribution in [0.5, 0.6) is 5.88 Å². The highest BCUT2D eigenvalue weighted by molar-refractivity contribution is 5.96. The number of aliphatic hydroxyl groups excluding tert-OH is 1. The molecule has 1 saturated heterocycles. The highest BCUT2D eigenvalue weighted by atomic mass is 16.5. The molecule has 1 saturated carbocycles. The monoisotopic (exact) mass is 290 g/mol. The lowest BCUT2D eigenvalue weighted by atomic mass is 9.93. The Balaban J connectivity index is 1.83. The number of ether oxygens (including phenoxy) is 1. The first-order chi connectivity index (χ1) is 10.2. The van der Waals surface area contributed by atoms with Gasteiger partial charge in [0, 0.05) is 24.7 Å². The van der Waals surface area contributed by atoms with Crippen LogP contribution in [0.15, 0.2) is 18.3 Å². The van der Waals surface area contributed by atoms with Crippen LogP contribution in [0.3, 0.4) is 0 Å². The Bertz CT molecular complexity index is 520. The predicted molar refractivity (Wildman–Crippen MR) is 78.2 cm³/mol. The molecule has 2 heterocycles. The minimum Gasteiger partial charge on any atom is -0.480 e. The fourth-order valence-electron chi connectivity index (χ4n) is 3.78. The summed E-state index contributed by atoms with van der Waals surface area (Å²) in [5.74, 6) is 0.570. The lowest BCUT2D eigenvalue weighted by Gasteiger charge is -2.31. The van der Waals surface area contributed by atoms with Crippen LogP contribution in [0.2, 0.25) is 0 Å². The number of aromatic nitrogens is 1. The van der Waals surface area contributed by atoms with Crippen LogP contribution in [0.1, 0.15) is 42.5 Å². The Kier molecular flexibility index (Phi) is 4.10. The standard InChI is InChI=1S/C16H22N2O3/c1-21-15-12(6-3-9-17-15)16(20)18-10-4-7-13(18)11-5-2-8-14(11)19/h3,6,9,11,13-14,19H,2,4-5,7-8,10H2,1H3. The van der Waals surface area contributed by atoms with Gasteiger partial charge in [-0.3, -0.25) is 4.79 Å². The summed E-state index contributed by atoms with van der Waals surface area (Å²) in [6.45, 7) is 0.755. The Hall–Kier alpha value is -1.62. The second-order valence-electron chi connectivity index (χ2n) is 5.93. The van der Waals surface area contributed by atoms with Gasteiger partial charge in [0.05, 0.1) is 13.2 Å². The predicted octanol–water partition coefficient (Wildman–Crippen LogP) is 1.86. The van der Waals surface area contributed by atoms with Crippen LogP contribution in [0.25, 0.3) is 0 Å². The first-order valence-electron chi connectivity index (χ1n) is 7.70. The number of rotatable bonds is 3. The smallest absolute Gasteiger partial charge is 0.259 e. The molecule has 3 rings (SSSR count). The molecule has 3 unspecified atom stereocenters. The normalized spacial score (nSPS) is 28.9. The first kappa shape index (κ1) is 14.3. The summed E-state index contributed by atoms with van der Waals surface area (Å²) in [6.07, 6.45) is 6.27. The van der Waals surface area contributed by atoms with E-state index in [4.69, 9.17) is 4.74 Å². The van der Waals surface area contributed by atoms with Crippen LogP contribution < -0.4 is 4.74 Å². The number of aliphatic hydroxyl groups is 1. The van der Waals surface area contributed by atoms with Gasteiger partial charge in [0.2, 0.25) is 5.88 Å². The highest BCUT2D eigenvalue weighted by Gasteiger charge is 2.40. The summed E-state index contributed by atoms with van der Waals surface area (Å²) in [5.41, 5.74) is 0.513. The molecule has 114 valence electrons. The van der Waals surface area contributed by atoms with Gasteiger partial charge in [0.1, 0.15) is 5.56 Å². The zero-order chi connectivity index (χ0) is 14.8. The third-order valence-corrected chi connectivity index (χ3v) is 4.78. The zero-order valence-electron chi connectivity index (χ0n) is 12.4. The third-order valence-electron chi connectivity index (χ3n) is 4.78. The van der Waals surface area contributed by atoms with E-state index in [9.17, 15) is 9.90 Å². The summed E-state index contributed by atoms with van der Waals surface area (Å²) in [5, 5.41) is 10.1. The van der Waals surface area contributed by atoms with Crippen molar-refractivity contribution in [1.29, 1.82) is 0 Å². The largest absolute Gasteiger partial charge is 0.480 e. The maximum Gasteiger partial charge on any atom is 0.259 e. The summed E-state index contributed by atoms with van der Waals surface area (Å²) in [4.78, 5) is 18.8. The number of hydrogen-bond acceptors (Lipinski definition) is 4. The van der Waals surface area contributed by atoms with Gasteiger partial charge >= 0.3 is 0 Å². The Labute approximate surface area is 124 Å². The van der Waals surface area contributed by atoms with Crippen LogP contribution >= 0.6 is 0 Å². The molecule has 21 heavy (non-hydrogen) atoms. The minimum absolute atomic E-state index is 0.0263. The second kappa shape index (κ2) is 6.02. The summed E-state index contributed by atoms with van der Waals surface area (Å²) in [7, 11) is 1.53. The molecule has 1 aliphatic heterocycles. The van der Waals surface area contributed by atoms with Crippen molar-refractivity contribution in [1.82, 2.24) is 9.88 Å². The van der Waals surface area contributed by atoms with Crippen molar-refractivity contribution >= 4 is 5.91 Å². The molecule has 0 aromatic carbocycles. The zero-order valence-corrected chi connectivity index (χ0v) is 12.4. The van der Waals surface area contributed by atoms with Gasteiger partial charge in [-0.05, 0) is 37.8 Å². The van der Waals surface area contributed by atoms with Crippen molar-refractivity contribution in [3.63, 3.8) is 0 Å². The van der Waals surface area contributed by atoms with Crippen molar-refractivity contribution in [2.75, 3.05) is 13.7 Å². The molecular weight excluding hydrogens is 268 g/mol. The fraction of sp³-hybridized carbons (Fsp3) is 0.625. The minimum atomic E-state index is -0.265. The van der Waals surface area contributed by atoms with E-state index in [0.29, 0.717) is 11.4 Å². The number of pyridine rings is 1. The number of hydrogen-bond donors (Lipinski definition) is 1. The lowest BCUT2D eigenvalue weighted by molar-refractivity contribution is 0.0525. The molecule has 1 aromatic rings.